The number of aliphatic hydroxyl groups is 3. The van der Waals surface area contributed by atoms with Crippen molar-refractivity contribution in [3.05, 3.63) is 22.7 Å². The number of nitrogens with two attached hydrogens (primary N) is 1. The third-order valence-corrected chi connectivity index (χ3v) is 2.39. The molecular formula is C11H21N3O5. The van der Waals surface area contributed by atoms with Crippen LogP contribution in [-0.4, -0.2) is 51.0 Å². The topological polar surface area (TPSA) is 131 Å². The maximum atomic E-state index is 11.4. The second kappa shape index (κ2) is 9.45. The maximum Gasteiger partial charge on any atom is 0.349 e. The molecule has 0 saturated carbocycles. The summed E-state index contributed by atoms with van der Waals surface area (Å²) in [5, 5.41) is 23.6. The Bertz CT molecular complexity index is 408. The Balaban J connectivity index is 0.000000982. The lowest BCUT2D eigenvalue weighted by molar-refractivity contribution is -0.00903. The van der Waals surface area contributed by atoms with Crippen molar-refractivity contribution >= 4 is 5.82 Å². The normalized spacial score (nSPS) is 13.3. The number of rotatable bonds is 5. The molecule has 0 amide bonds. The van der Waals surface area contributed by atoms with Gasteiger partial charge in [-0.2, -0.15) is 4.98 Å². The summed E-state index contributed by atoms with van der Waals surface area (Å²) in [5.74, 6) is 0.208. The van der Waals surface area contributed by atoms with Crippen LogP contribution in [0.3, 0.4) is 0 Å². The van der Waals surface area contributed by atoms with Crippen LogP contribution in [0.4, 0.5) is 5.82 Å². The zero-order valence-corrected chi connectivity index (χ0v) is 11.1. The van der Waals surface area contributed by atoms with Crippen LogP contribution in [0.15, 0.2) is 17.1 Å². The summed E-state index contributed by atoms with van der Waals surface area (Å²) >= 11 is 0. The van der Waals surface area contributed by atoms with Gasteiger partial charge in [-0.15, -0.1) is 0 Å². The molecule has 0 aliphatic rings. The van der Waals surface area contributed by atoms with Gasteiger partial charge in [0.1, 0.15) is 12.6 Å². The third-order valence-electron chi connectivity index (χ3n) is 2.39. The van der Waals surface area contributed by atoms with Gasteiger partial charge < -0.3 is 25.8 Å². The summed E-state index contributed by atoms with van der Waals surface area (Å²) in [4.78, 5) is 15.0. The van der Waals surface area contributed by atoms with Crippen LogP contribution < -0.4 is 11.4 Å². The van der Waals surface area contributed by atoms with Gasteiger partial charge in [-0.05, 0) is 19.4 Å². The minimum atomic E-state index is -0.750. The molecule has 8 nitrogen and oxygen atoms in total. The molecule has 1 heterocycles. The highest BCUT2D eigenvalue weighted by molar-refractivity contribution is 5.23. The van der Waals surface area contributed by atoms with E-state index in [-0.39, 0.29) is 17.6 Å². The highest BCUT2D eigenvalue weighted by Crippen LogP contribution is 2.04. The van der Waals surface area contributed by atoms with Gasteiger partial charge in [0, 0.05) is 19.9 Å². The Morgan fingerprint density at radius 1 is 1.53 bits per heavy atom. The summed E-state index contributed by atoms with van der Waals surface area (Å²) < 4.78 is 6.52. The van der Waals surface area contributed by atoms with Crippen molar-refractivity contribution in [2.75, 3.05) is 19.6 Å². The molecule has 0 aliphatic carbocycles. The summed E-state index contributed by atoms with van der Waals surface area (Å²) in [5.41, 5.74) is 4.98. The van der Waals surface area contributed by atoms with Crippen molar-refractivity contribution in [3.63, 3.8) is 0 Å². The van der Waals surface area contributed by atoms with E-state index in [4.69, 9.17) is 20.7 Å². The molecule has 19 heavy (non-hydrogen) atoms. The van der Waals surface area contributed by atoms with Gasteiger partial charge in [-0.1, -0.05) is 0 Å². The number of aliphatic hydroxyl groups excluding tert-OH is 2. The molecule has 110 valence electrons. The highest BCUT2D eigenvalue weighted by Gasteiger charge is 2.13. The Morgan fingerprint density at radius 2 is 2.11 bits per heavy atom. The summed E-state index contributed by atoms with van der Waals surface area (Å²) in [6.07, 6.45) is 1.27. The van der Waals surface area contributed by atoms with E-state index in [9.17, 15) is 9.90 Å². The van der Waals surface area contributed by atoms with Gasteiger partial charge >= 0.3 is 5.69 Å². The molecule has 8 heteroatoms. The van der Waals surface area contributed by atoms with E-state index in [1.54, 1.807) is 19.2 Å². The van der Waals surface area contributed by atoms with Gasteiger partial charge in [0.2, 0.25) is 0 Å². The number of nitrogen functional groups attached to an aromatic ring is 1. The molecule has 2 atom stereocenters. The molecule has 0 bridgehead atoms. The molecule has 0 saturated heterocycles. The van der Waals surface area contributed by atoms with Gasteiger partial charge in [0.15, 0.2) is 0 Å². The number of aryl methyl sites for hydroxylation is 1. The predicted octanol–water partition coefficient (Wildman–Crippen LogP) is -1.46. The fraction of sp³-hybridized carbons (Fsp3) is 0.636. The lowest BCUT2D eigenvalue weighted by atomic mass is 10.1. The quantitative estimate of drug-likeness (QED) is 0.483. The van der Waals surface area contributed by atoms with Crippen LogP contribution in [0, 0.1) is 0 Å². The van der Waals surface area contributed by atoms with Gasteiger partial charge in [-0.3, -0.25) is 4.57 Å². The third kappa shape index (κ3) is 6.87. The molecule has 1 aromatic heterocycles. The van der Waals surface area contributed by atoms with Crippen LogP contribution in [0.5, 0.6) is 0 Å². The van der Waals surface area contributed by atoms with Gasteiger partial charge in [0.05, 0.1) is 12.2 Å². The first kappa shape index (κ1) is 17.5. The molecule has 0 aromatic carbocycles. The first-order valence-electron chi connectivity index (χ1n) is 5.71. The van der Waals surface area contributed by atoms with E-state index in [0.717, 1.165) is 0 Å². The largest absolute Gasteiger partial charge is 0.391 e. The van der Waals surface area contributed by atoms with Crippen LogP contribution in [0.1, 0.15) is 13.3 Å². The standard InChI is InChI=1S/C10H17N3O3.CH4O2/c1-7(14)8(16-2)3-5-13-6-4-9(11)12-10(13)15;2-1-3/h4,6-8,14H,3,5H2,1-2H3,(H2,11,12,15);2-3H,1H2. The van der Waals surface area contributed by atoms with Gasteiger partial charge in [-0.25, -0.2) is 4.79 Å². The van der Waals surface area contributed by atoms with Crippen molar-refractivity contribution < 1.29 is 20.1 Å². The second-order valence-corrected chi connectivity index (χ2v) is 3.77. The number of methoxy groups -OCH3 is 1. The summed E-state index contributed by atoms with van der Waals surface area (Å²) in [6, 6.07) is 1.56. The number of hydrogen-bond acceptors (Lipinski definition) is 7. The predicted molar refractivity (Wildman–Crippen MR) is 69.3 cm³/mol. The highest BCUT2D eigenvalue weighted by atomic mass is 16.5. The zero-order valence-electron chi connectivity index (χ0n) is 11.1. The van der Waals surface area contributed by atoms with E-state index in [1.807, 2.05) is 0 Å². The average molecular weight is 275 g/mol. The Kier molecular flexibility index (Phi) is 8.71. The van der Waals surface area contributed by atoms with Crippen LogP contribution >= 0.6 is 0 Å². The number of anilines is 1. The lowest BCUT2D eigenvalue weighted by Gasteiger charge is -2.18. The minimum absolute atomic E-state index is 0.208. The Labute approximate surface area is 111 Å². The second-order valence-electron chi connectivity index (χ2n) is 3.77. The number of nitrogens with zero attached hydrogens (tertiary/aromatic N) is 2. The molecule has 0 aliphatic heterocycles. The molecule has 0 fully saturated rings. The number of ether oxygens (including phenoxy) is 1. The fourth-order valence-electron chi connectivity index (χ4n) is 1.43. The zero-order chi connectivity index (χ0) is 14.8. The number of aromatic nitrogens is 2. The van der Waals surface area contributed by atoms with Crippen LogP contribution in [0.25, 0.3) is 0 Å². The van der Waals surface area contributed by atoms with E-state index in [0.29, 0.717) is 13.0 Å². The molecule has 0 spiro atoms. The van der Waals surface area contributed by atoms with Crippen molar-refractivity contribution in [1.82, 2.24) is 9.55 Å². The lowest BCUT2D eigenvalue weighted by Crippen LogP contribution is -2.30. The fourth-order valence-corrected chi connectivity index (χ4v) is 1.43. The molecule has 1 aromatic rings. The van der Waals surface area contributed by atoms with Crippen LogP contribution in [-0.2, 0) is 11.3 Å². The maximum absolute atomic E-state index is 11.4. The Morgan fingerprint density at radius 3 is 2.53 bits per heavy atom. The number of hydrogen-bond donors (Lipinski definition) is 4. The first-order chi connectivity index (χ1) is 8.96. The molecule has 1 rings (SSSR count). The summed E-state index contributed by atoms with van der Waals surface area (Å²) in [7, 11) is 1.53. The van der Waals surface area contributed by atoms with E-state index in [2.05, 4.69) is 4.98 Å². The van der Waals surface area contributed by atoms with Crippen LogP contribution in [0.2, 0.25) is 0 Å². The van der Waals surface area contributed by atoms with E-state index in [1.165, 1.54) is 11.7 Å². The Hall–Kier alpha value is -1.48. The monoisotopic (exact) mass is 275 g/mol. The first-order valence-corrected chi connectivity index (χ1v) is 5.71. The smallest absolute Gasteiger partial charge is 0.349 e. The minimum Gasteiger partial charge on any atom is -0.391 e. The summed E-state index contributed by atoms with van der Waals surface area (Å²) in [6.45, 7) is 1.34. The van der Waals surface area contributed by atoms with E-state index >= 15 is 0 Å². The molecule has 2 unspecified atom stereocenters. The van der Waals surface area contributed by atoms with E-state index < -0.39 is 12.9 Å². The average Bonchev–Trinajstić information content (AvgIpc) is 2.33. The van der Waals surface area contributed by atoms with Gasteiger partial charge in [0.25, 0.3) is 0 Å². The van der Waals surface area contributed by atoms with Crippen molar-refractivity contribution in [1.29, 1.82) is 0 Å². The molecule has 5 N–H and O–H groups in total. The molecular weight excluding hydrogens is 254 g/mol. The van der Waals surface area contributed by atoms with Crippen molar-refractivity contribution in [2.45, 2.75) is 32.1 Å². The van der Waals surface area contributed by atoms with Crippen molar-refractivity contribution in [3.8, 4) is 0 Å². The van der Waals surface area contributed by atoms with Crippen molar-refractivity contribution in [2.24, 2.45) is 0 Å². The SMILES string of the molecule is COC(CCn1ccc(N)nc1=O)C(C)O.OCO. The molecule has 0 radical (unpaired) electrons.